The van der Waals surface area contributed by atoms with Gasteiger partial charge in [0.15, 0.2) is 5.65 Å². The molecule has 8 heteroatoms. The van der Waals surface area contributed by atoms with Crippen LogP contribution in [0.25, 0.3) is 38.9 Å². The van der Waals surface area contributed by atoms with Crippen LogP contribution in [0.2, 0.25) is 0 Å². The monoisotopic (exact) mass is 442 g/mol. The minimum atomic E-state index is -2.69. The molecule has 0 atom stereocenters. The average molecular weight is 442 g/mol. The van der Waals surface area contributed by atoms with Crippen molar-refractivity contribution in [1.82, 2.24) is 19.6 Å². The van der Waals surface area contributed by atoms with Gasteiger partial charge in [-0.25, -0.2) is 13.8 Å². The predicted molar refractivity (Wildman–Crippen MR) is 124 cm³/mol. The fourth-order valence-electron chi connectivity index (χ4n) is 4.71. The normalized spacial score (nSPS) is 16.7. The highest BCUT2D eigenvalue weighted by molar-refractivity contribution is 5.98. The fraction of sp³-hybridized carbons (Fsp3) is 0.160. The quantitative estimate of drug-likeness (QED) is 0.419. The number of anilines is 1. The molecule has 1 fully saturated rings. The molecule has 3 aromatic heterocycles. The summed E-state index contributed by atoms with van der Waals surface area (Å²) in [6.45, 7) is 0. The van der Waals surface area contributed by atoms with E-state index in [4.69, 9.17) is 16.5 Å². The molecule has 1 aliphatic rings. The number of fused-ring (bicyclic) bond motifs is 3. The average Bonchev–Trinajstić information content (AvgIpc) is 3.18. The van der Waals surface area contributed by atoms with Gasteiger partial charge in [0.1, 0.15) is 0 Å². The molecule has 1 saturated carbocycles. The summed E-state index contributed by atoms with van der Waals surface area (Å²) in [6, 6.07) is 21.3. The van der Waals surface area contributed by atoms with Gasteiger partial charge in [-0.1, -0.05) is 54.6 Å². The molecule has 0 aliphatic heterocycles. The van der Waals surface area contributed by atoms with Crippen molar-refractivity contribution in [3.05, 3.63) is 78.5 Å². The number of pyridine rings is 2. The summed E-state index contributed by atoms with van der Waals surface area (Å²) >= 11 is 0. The maximum Gasteiger partial charge on any atom is 0.252 e. The number of alkyl halides is 2. The van der Waals surface area contributed by atoms with Gasteiger partial charge in [0.05, 0.1) is 16.7 Å². The van der Waals surface area contributed by atoms with E-state index in [-0.39, 0.29) is 12.8 Å². The standard InChI is InChI=1S/C25H20F2N6/c26-25(27)13-24(29,14-25)17-8-6-16(7-9-17)21-18(15-4-2-1-3-5-15)12-19-20(30-21)10-11-33-22(19)31-32-23(33)28/h1-12H,13-14,29H2,(H2,28,32). The summed E-state index contributed by atoms with van der Waals surface area (Å²) in [5.41, 5.74) is 16.8. The van der Waals surface area contributed by atoms with Crippen LogP contribution in [-0.4, -0.2) is 25.5 Å². The van der Waals surface area contributed by atoms with E-state index < -0.39 is 11.5 Å². The molecule has 4 N–H and O–H groups in total. The van der Waals surface area contributed by atoms with Crippen LogP contribution in [-0.2, 0) is 5.54 Å². The Kier molecular flexibility index (Phi) is 4.07. The van der Waals surface area contributed by atoms with Gasteiger partial charge in [-0.05, 0) is 23.3 Å². The van der Waals surface area contributed by atoms with Crippen molar-refractivity contribution in [3.63, 3.8) is 0 Å². The second kappa shape index (κ2) is 6.79. The molecule has 5 aromatic rings. The molecule has 0 bridgehead atoms. The molecule has 164 valence electrons. The molecule has 6 rings (SSSR count). The first-order chi connectivity index (χ1) is 15.8. The molecule has 2 aromatic carbocycles. The van der Waals surface area contributed by atoms with Gasteiger partial charge in [-0.3, -0.25) is 4.40 Å². The summed E-state index contributed by atoms with van der Waals surface area (Å²) in [5, 5.41) is 9.04. The van der Waals surface area contributed by atoms with Gasteiger partial charge < -0.3 is 11.5 Å². The Hall–Kier alpha value is -3.91. The largest absolute Gasteiger partial charge is 0.368 e. The number of nitrogen functional groups attached to an aromatic ring is 1. The van der Waals surface area contributed by atoms with Gasteiger partial charge in [0.25, 0.3) is 5.92 Å². The molecule has 0 radical (unpaired) electrons. The van der Waals surface area contributed by atoms with Gasteiger partial charge in [-0.2, -0.15) is 0 Å². The minimum absolute atomic E-state index is 0.310. The molecule has 33 heavy (non-hydrogen) atoms. The second-order valence-electron chi connectivity index (χ2n) is 8.69. The summed E-state index contributed by atoms with van der Waals surface area (Å²) in [4.78, 5) is 4.96. The van der Waals surface area contributed by atoms with Crippen molar-refractivity contribution in [2.24, 2.45) is 5.73 Å². The lowest BCUT2D eigenvalue weighted by molar-refractivity contribution is -0.125. The minimum Gasteiger partial charge on any atom is -0.368 e. The van der Waals surface area contributed by atoms with Crippen molar-refractivity contribution in [1.29, 1.82) is 0 Å². The van der Waals surface area contributed by atoms with E-state index in [9.17, 15) is 8.78 Å². The van der Waals surface area contributed by atoms with Crippen LogP contribution in [0, 0.1) is 0 Å². The van der Waals surface area contributed by atoms with E-state index in [1.165, 1.54) is 0 Å². The van der Waals surface area contributed by atoms with E-state index >= 15 is 0 Å². The lowest BCUT2D eigenvalue weighted by atomic mass is 9.70. The Labute approximate surface area is 187 Å². The first-order valence-electron chi connectivity index (χ1n) is 10.6. The van der Waals surface area contributed by atoms with Crippen LogP contribution in [0.5, 0.6) is 0 Å². The Morgan fingerprint density at radius 2 is 1.61 bits per heavy atom. The van der Waals surface area contributed by atoms with Crippen molar-refractivity contribution >= 4 is 22.5 Å². The molecular weight excluding hydrogens is 422 g/mol. The van der Waals surface area contributed by atoms with Crippen molar-refractivity contribution in [2.75, 3.05) is 5.73 Å². The first kappa shape index (κ1) is 19.8. The molecule has 1 aliphatic carbocycles. The highest BCUT2D eigenvalue weighted by Crippen LogP contribution is 2.50. The molecule has 6 nitrogen and oxygen atoms in total. The topological polar surface area (TPSA) is 95.1 Å². The van der Waals surface area contributed by atoms with Gasteiger partial charge in [0.2, 0.25) is 5.95 Å². The fourth-order valence-corrected chi connectivity index (χ4v) is 4.71. The summed E-state index contributed by atoms with van der Waals surface area (Å²) < 4.78 is 28.6. The zero-order valence-electron chi connectivity index (χ0n) is 17.5. The molecule has 0 spiro atoms. The number of benzene rings is 2. The molecule has 0 amide bonds. The predicted octanol–water partition coefficient (Wildman–Crippen LogP) is 4.78. The van der Waals surface area contributed by atoms with E-state index in [2.05, 4.69) is 10.2 Å². The van der Waals surface area contributed by atoms with Gasteiger partial charge >= 0.3 is 0 Å². The lowest BCUT2D eigenvalue weighted by Crippen LogP contribution is -2.55. The number of halogens is 2. The zero-order valence-corrected chi connectivity index (χ0v) is 17.5. The van der Waals surface area contributed by atoms with Crippen LogP contribution >= 0.6 is 0 Å². The van der Waals surface area contributed by atoms with E-state index in [0.717, 1.165) is 33.3 Å². The Balaban J connectivity index is 1.52. The maximum absolute atomic E-state index is 13.5. The van der Waals surface area contributed by atoms with Crippen LogP contribution < -0.4 is 11.5 Å². The van der Waals surface area contributed by atoms with Crippen LogP contribution in [0.15, 0.2) is 72.9 Å². The van der Waals surface area contributed by atoms with E-state index in [0.29, 0.717) is 17.2 Å². The Bertz CT molecular complexity index is 1500. The maximum atomic E-state index is 13.5. The third-order valence-electron chi connectivity index (χ3n) is 6.36. The number of hydrogen-bond acceptors (Lipinski definition) is 5. The first-order valence-corrected chi connectivity index (χ1v) is 10.6. The van der Waals surface area contributed by atoms with Gasteiger partial charge in [-0.15, -0.1) is 10.2 Å². The van der Waals surface area contributed by atoms with Crippen LogP contribution in [0.1, 0.15) is 18.4 Å². The van der Waals surface area contributed by atoms with Crippen molar-refractivity contribution in [3.8, 4) is 22.4 Å². The Morgan fingerprint density at radius 3 is 2.30 bits per heavy atom. The number of nitrogens with two attached hydrogens (primary N) is 2. The number of nitrogens with zero attached hydrogens (tertiary/aromatic N) is 4. The van der Waals surface area contributed by atoms with E-state index in [1.807, 2.05) is 66.7 Å². The van der Waals surface area contributed by atoms with Crippen LogP contribution in [0.3, 0.4) is 0 Å². The van der Waals surface area contributed by atoms with Crippen molar-refractivity contribution in [2.45, 2.75) is 24.3 Å². The number of rotatable bonds is 3. The van der Waals surface area contributed by atoms with Gasteiger partial charge in [0, 0.05) is 35.6 Å². The summed E-state index contributed by atoms with van der Waals surface area (Å²) in [5.74, 6) is -2.38. The highest BCUT2D eigenvalue weighted by atomic mass is 19.3. The lowest BCUT2D eigenvalue weighted by Gasteiger charge is -2.44. The van der Waals surface area contributed by atoms with Crippen molar-refractivity contribution < 1.29 is 8.78 Å². The third kappa shape index (κ3) is 3.14. The third-order valence-corrected chi connectivity index (χ3v) is 6.36. The molecule has 0 saturated heterocycles. The number of hydrogen-bond donors (Lipinski definition) is 2. The Morgan fingerprint density at radius 1 is 0.879 bits per heavy atom. The van der Waals surface area contributed by atoms with Crippen LogP contribution in [0.4, 0.5) is 14.7 Å². The summed E-state index contributed by atoms with van der Waals surface area (Å²) in [7, 11) is 0. The smallest absolute Gasteiger partial charge is 0.252 e. The van der Waals surface area contributed by atoms with E-state index in [1.54, 1.807) is 10.6 Å². The second-order valence-corrected chi connectivity index (χ2v) is 8.69. The molecular formula is C25H20F2N6. The molecule has 0 unspecified atom stereocenters. The highest BCUT2D eigenvalue weighted by Gasteiger charge is 2.55. The number of aromatic nitrogens is 4. The molecule has 3 heterocycles. The SMILES string of the molecule is Nc1nnc2c3cc(-c4ccccc4)c(-c4ccc(C5(N)CC(F)(F)C5)cc4)nc3ccn12. The zero-order chi connectivity index (χ0) is 22.8. The summed E-state index contributed by atoms with van der Waals surface area (Å²) in [6.07, 6.45) is 1.13.